The molecule has 0 saturated carbocycles. The third kappa shape index (κ3) is 296. The summed E-state index contributed by atoms with van der Waals surface area (Å²) in [4.78, 5) is 0. The van der Waals surface area contributed by atoms with Gasteiger partial charge in [0.2, 0.25) is 0 Å². The summed E-state index contributed by atoms with van der Waals surface area (Å²) >= 11 is 0. The van der Waals surface area contributed by atoms with Gasteiger partial charge in [0.05, 0.1) is 0 Å². The predicted octanol–water partition coefficient (Wildman–Crippen LogP) is 1.98. The van der Waals surface area contributed by atoms with Gasteiger partial charge in [0.1, 0.15) is 0 Å². The molecule has 0 aliphatic heterocycles. The van der Waals surface area contributed by atoms with Gasteiger partial charge in [-0.05, 0) is 11.8 Å². The standard InChI is InChI=1S/2C4H10.Al.Na.2H2.4H/c2*1-4(2)3;;;;;;;;/h2*4H,1-3H3;;;2*1H;;;;. The minimum absolute atomic E-state index is 0. The Labute approximate surface area is 103 Å². The Morgan fingerprint density at radius 3 is 0.700 bits per heavy atom. The number of hydrogen-bond donors (Lipinski definition) is 0. The minimum atomic E-state index is 0. The first-order valence-corrected chi connectivity index (χ1v) is 3.46. The van der Waals surface area contributed by atoms with Crippen LogP contribution in [0.2, 0.25) is 0 Å². The van der Waals surface area contributed by atoms with E-state index in [2.05, 4.69) is 41.5 Å². The van der Waals surface area contributed by atoms with Crippen molar-refractivity contribution in [3.8, 4) is 0 Å². The topological polar surface area (TPSA) is 0 Å². The monoisotopic (exact) mass is 174 g/mol. The summed E-state index contributed by atoms with van der Waals surface area (Å²) in [5.41, 5.74) is 0. The summed E-state index contributed by atoms with van der Waals surface area (Å²) in [6, 6.07) is 0. The Hall–Kier alpha value is 1.53. The molecule has 64 valence electrons. The molecule has 0 aromatic carbocycles. The first kappa shape index (κ1) is 22.5. The molecule has 0 radical (unpaired) electrons. The third-order valence-electron chi connectivity index (χ3n) is 0. The zero-order valence-corrected chi connectivity index (χ0v) is 7.15. The van der Waals surface area contributed by atoms with Crippen molar-refractivity contribution >= 4 is 46.9 Å². The first-order valence-electron chi connectivity index (χ1n) is 3.46. The normalized spacial score (nSPS) is 7.20. The molecule has 0 nitrogen and oxygen atoms in total. The molecule has 2 heteroatoms. The van der Waals surface area contributed by atoms with E-state index in [1.54, 1.807) is 0 Å². The molecular weight excluding hydrogens is 146 g/mol. The van der Waals surface area contributed by atoms with Gasteiger partial charge in [-0.25, -0.2) is 0 Å². The van der Waals surface area contributed by atoms with Gasteiger partial charge in [-0.15, -0.1) is 0 Å². The van der Waals surface area contributed by atoms with E-state index < -0.39 is 0 Å². The van der Waals surface area contributed by atoms with Crippen LogP contribution in [0.15, 0.2) is 0 Å². The van der Waals surface area contributed by atoms with Crippen molar-refractivity contribution in [2.24, 2.45) is 11.8 Å². The van der Waals surface area contributed by atoms with Crippen molar-refractivity contribution in [1.82, 2.24) is 0 Å². The second-order valence-corrected chi connectivity index (χ2v) is 3.46. The van der Waals surface area contributed by atoms with Crippen LogP contribution in [0.1, 0.15) is 44.4 Å². The van der Waals surface area contributed by atoms with E-state index in [-0.39, 0.29) is 49.8 Å². The Bertz CT molecular complexity index is 32.5. The molecule has 0 atom stereocenters. The van der Waals surface area contributed by atoms with Crippen molar-refractivity contribution < 1.29 is 2.85 Å². The maximum atomic E-state index is 2.17. The van der Waals surface area contributed by atoms with E-state index >= 15 is 0 Å². The van der Waals surface area contributed by atoms with Crippen LogP contribution in [-0.2, 0) is 0 Å². The average Bonchev–Trinajstić information content (AvgIpc) is 1.25. The van der Waals surface area contributed by atoms with Crippen LogP contribution in [0.5, 0.6) is 0 Å². The molecule has 0 aliphatic rings. The summed E-state index contributed by atoms with van der Waals surface area (Å²) in [6.45, 7) is 13.0. The molecule has 0 aliphatic carbocycles. The zero-order chi connectivity index (χ0) is 7.15. The number of rotatable bonds is 0. The molecule has 0 fully saturated rings. The third-order valence-corrected chi connectivity index (χ3v) is 0. The second-order valence-electron chi connectivity index (χ2n) is 3.46. The summed E-state index contributed by atoms with van der Waals surface area (Å²) in [5.74, 6) is 1.67. The van der Waals surface area contributed by atoms with Gasteiger partial charge in [-0.2, -0.15) is 0 Å². The van der Waals surface area contributed by atoms with Crippen molar-refractivity contribution in [3.63, 3.8) is 0 Å². The van der Waals surface area contributed by atoms with E-state index in [1.165, 1.54) is 0 Å². The molecule has 0 bridgehead atoms. The first-order chi connectivity index (χ1) is 3.46. The van der Waals surface area contributed by atoms with Gasteiger partial charge in [-0.3, -0.25) is 0 Å². The second kappa shape index (κ2) is 16.9. The molecule has 0 saturated heterocycles. The summed E-state index contributed by atoms with van der Waals surface area (Å²) in [6.07, 6.45) is 0. The fourth-order valence-electron chi connectivity index (χ4n) is 0. The van der Waals surface area contributed by atoms with Gasteiger partial charge in [0.15, 0.2) is 17.4 Å². The number of hydrogen-bond acceptors (Lipinski definition) is 0. The summed E-state index contributed by atoms with van der Waals surface area (Å²) in [5, 5.41) is 0. The van der Waals surface area contributed by atoms with E-state index in [0.717, 1.165) is 11.8 Å². The molecule has 0 spiro atoms. The molecule has 0 rings (SSSR count). The molecule has 0 unspecified atom stereocenters. The van der Waals surface area contributed by atoms with Crippen LogP contribution >= 0.6 is 0 Å². The van der Waals surface area contributed by atoms with Crippen molar-refractivity contribution in [2.75, 3.05) is 0 Å². The molecule has 0 amide bonds. The van der Waals surface area contributed by atoms with E-state index in [1.807, 2.05) is 0 Å². The Morgan fingerprint density at radius 2 is 0.700 bits per heavy atom. The van der Waals surface area contributed by atoms with Crippen LogP contribution in [0.25, 0.3) is 0 Å². The molecule has 0 heterocycles. The summed E-state index contributed by atoms with van der Waals surface area (Å²) in [7, 11) is 0. The molecular formula is C8H28AlNa. The molecule has 0 aromatic heterocycles. The van der Waals surface area contributed by atoms with E-state index in [9.17, 15) is 0 Å². The van der Waals surface area contributed by atoms with Gasteiger partial charge < -0.3 is 0 Å². The summed E-state index contributed by atoms with van der Waals surface area (Å²) < 4.78 is 0. The SMILES string of the molecule is CC(C)C.CC(C)C.[AlH3].[HH].[HH].[NaH]. The van der Waals surface area contributed by atoms with Crippen molar-refractivity contribution in [1.29, 1.82) is 0 Å². The quantitative estimate of drug-likeness (QED) is 0.493. The molecule has 0 aromatic rings. The van der Waals surface area contributed by atoms with Gasteiger partial charge in [0, 0.05) is 2.85 Å². The van der Waals surface area contributed by atoms with E-state index in [0.29, 0.717) is 0 Å². The van der Waals surface area contributed by atoms with Crippen LogP contribution in [0.4, 0.5) is 0 Å². The fraction of sp³-hybridized carbons (Fsp3) is 1.00. The molecule has 0 N–H and O–H groups in total. The fourth-order valence-corrected chi connectivity index (χ4v) is 0. The van der Waals surface area contributed by atoms with Crippen LogP contribution in [0.3, 0.4) is 0 Å². The average molecular weight is 174 g/mol. The van der Waals surface area contributed by atoms with Gasteiger partial charge in [0.25, 0.3) is 0 Å². The van der Waals surface area contributed by atoms with Gasteiger partial charge in [-0.1, -0.05) is 41.5 Å². The van der Waals surface area contributed by atoms with Crippen LogP contribution in [-0.4, -0.2) is 46.9 Å². The van der Waals surface area contributed by atoms with Crippen molar-refractivity contribution in [3.05, 3.63) is 0 Å². The van der Waals surface area contributed by atoms with E-state index in [4.69, 9.17) is 0 Å². The van der Waals surface area contributed by atoms with Crippen LogP contribution in [0, 0.1) is 11.8 Å². The van der Waals surface area contributed by atoms with Crippen LogP contribution < -0.4 is 0 Å². The Balaban J connectivity index is -0.0000000112. The zero-order valence-electron chi connectivity index (χ0n) is 7.15. The Morgan fingerprint density at radius 1 is 0.700 bits per heavy atom. The van der Waals surface area contributed by atoms with Crippen molar-refractivity contribution in [2.45, 2.75) is 41.5 Å². The molecule has 10 heavy (non-hydrogen) atoms. The maximum absolute atomic E-state index is 2.17. The predicted molar refractivity (Wildman–Crippen MR) is 62.3 cm³/mol. The Kier molecular flexibility index (Phi) is 38.0. The van der Waals surface area contributed by atoms with Gasteiger partial charge >= 0.3 is 29.6 Å².